The third kappa shape index (κ3) is 8.61. The topological polar surface area (TPSA) is 87.3 Å². The first kappa shape index (κ1) is 32.1. The summed E-state index contributed by atoms with van der Waals surface area (Å²) in [6.07, 6.45) is 1.69. The molecule has 0 aliphatic heterocycles. The average Bonchev–Trinajstić information content (AvgIpc) is 3.00. The third-order valence-electron chi connectivity index (χ3n) is 6.06. The maximum Gasteiger partial charge on any atom is 0.272 e. The highest BCUT2D eigenvalue weighted by atomic mass is 35.5. The van der Waals surface area contributed by atoms with Crippen LogP contribution in [0.15, 0.2) is 102 Å². The number of thioether (sulfide) groups is 1. The zero-order chi connectivity index (χ0) is 30.9. The Morgan fingerprint density at radius 1 is 0.860 bits per heavy atom. The van der Waals surface area contributed by atoms with E-state index in [1.165, 1.54) is 36.0 Å². The lowest BCUT2D eigenvalue weighted by atomic mass is 10.1. The van der Waals surface area contributed by atoms with Gasteiger partial charge in [0.1, 0.15) is 11.5 Å². The summed E-state index contributed by atoms with van der Waals surface area (Å²) in [5, 5.41) is 8.29. The molecule has 0 aliphatic rings. The second-order valence-corrected chi connectivity index (χ2v) is 11.6. The van der Waals surface area contributed by atoms with Crippen LogP contribution in [0.3, 0.4) is 0 Å². The number of benzene rings is 4. The van der Waals surface area contributed by atoms with Gasteiger partial charge in [0, 0.05) is 21.7 Å². The second kappa shape index (κ2) is 15.1. The van der Waals surface area contributed by atoms with Crippen molar-refractivity contribution in [3.63, 3.8) is 0 Å². The average molecular weight is 657 g/mol. The van der Waals surface area contributed by atoms with Gasteiger partial charge < -0.3 is 16.0 Å². The van der Waals surface area contributed by atoms with E-state index in [9.17, 15) is 18.8 Å². The van der Waals surface area contributed by atoms with E-state index < -0.39 is 22.9 Å². The minimum Gasteiger partial charge on any atom is -0.324 e. The van der Waals surface area contributed by atoms with Crippen LogP contribution in [0, 0.1) is 5.82 Å². The largest absolute Gasteiger partial charge is 0.324 e. The predicted molar refractivity (Wildman–Crippen MR) is 173 cm³/mol. The maximum atomic E-state index is 14.6. The molecule has 0 fully saturated rings. The minimum absolute atomic E-state index is 0.0522. The molecule has 3 N–H and O–H groups in total. The van der Waals surface area contributed by atoms with Crippen LogP contribution in [0.25, 0.3) is 6.08 Å². The summed E-state index contributed by atoms with van der Waals surface area (Å²) in [7, 11) is 0. The molecule has 4 aromatic rings. The fraction of sp³-hybridized carbons (Fsp3) is 0.0938. The van der Waals surface area contributed by atoms with Gasteiger partial charge in [-0.15, -0.1) is 11.8 Å². The molecule has 0 spiro atoms. The van der Waals surface area contributed by atoms with Crippen LogP contribution in [-0.2, 0) is 9.59 Å². The monoisotopic (exact) mass is 655 g/mol. The highest BCUT2D eigenvalue weighted by Gasteiger charge is 2.21. The predicted octanol–water partition coefficient (Wildman–Crippen LogP) is 8.70. The van der Waals surface area contributed by atoms with Crippen molar-refractivity contribution >= 4 is 81.7 Å². The van der Waals surface area contributed by atoms with E-state index in [2.05, 4.69) is 16.0 Å². The minimum atomic E-state index is -0.703. The summed E-state index contributed by atoms with van der Waals surface area (Å²) in [6.45, 7) is 1.88. The molecule has 220 valence electrons. The SMILES string of the molecule is CCC(Sc1cccc(NC(=O)/C(=C\c2c(F)cccc2Cl)NC(=O)c2ccccc2)c1)C(=O)Nc1cccc(Cl)c1Cl. The Morgan fingerprint density at radius 2 is 1.56 bits per heavy atom. The Labute approximate surface area is 267 Å². The van der Waals surface area contributed by atoms with Gasteiger partial charge in [0.15, 0.2) is 0 Å². The molecule has 43 heavy (non-hydrogen) atoms. The van der Waals surface area contributed by atoms with Crippen LogP contribution in [0.2, 0.25) is 15.1 Å². The van der Waals surface area contributed by atoms with E-state index in [-0.39, 0.29) is 27.2 Å². The first-order valence-electron chi connectivity index (χ1n) is 13.0. The van der Waals surface area contributed by atoms with Gasteiger partial charge in [-0.2, -0.15) is 0 Å². The van der Waals surface area contributed by atoms with Crippen LogP contribution >= 0.6 is 46.6 Å². The summed E-state index contributed by atoms with van der Waals surface area (Å²) in [5.41, 5.74) is 0.836. The van der Waals surface area contributed by atoms with Gasteiger partial charge in [0.05, 0.1) is 26.0 Å². The fourth-order valence-corrected chi connectivity index (χ4v) is 5.46. The standard InChI is InChI=1S/C32H25Cl3FN3O3S/c1-2-28(32(42)38-26-16-8-14-24(34)29(26)35)43-21-12-6-11-20(17-21)37-31(41)27(18-22-23(33)13-7-15-25(22)36)39-30(40)19-9-4-3-5-10-19/h3-18,28H,2H2,1H3,(H,37,41)(H,38,42)(H,39,40)/b27-18+. The quantitative estimate of drug-likeness (QED) is 0.118. The van der Waals surface area contributed by atoms with Crippen molar-refractivity contribution < 1.29 is 18.8 Å². The van der Waals surface area contributed by atoms with Gasteiger partial charge in [-0.05, 0) is 67.1 Å². The number of anilines is 2. The lowest BCUT2D eigenvalue weighted by Crippen LogP contribution is -2.30. The fourth-order valence-electron chi connectivity index (χ4n) is 3.88. The summed E-state index contributed by atoms with van der Waals surface area (Å²) in [4.78, 5) is 40.0. The molecule has 1 atom stereocenters. The number of hydrogen-bond acceptors (Lipinski definition) is 4. The molecule has 0 heterocycles. The van der Waals surface area contributed by atoms with Gasteiger partial charge >= 0.3 is 0 Å². The van der Waals surface area contributed by atoms with E-state index in [0.717, 1.165) is 0 Å². The summed E-state index contributed by atoms with van der Waals surface area (Å²) in [5.74, 6) is -2.18. The third-order valence-corrected chi connectivity index (χ3v) is 8.57. The first-order valence-corrected chi connectivity index (χ1v) is 15.0. The van der Waals surface area contributed by atoms with E-state index in [1.54, 1.807) is 72.8 Å². The maximum absolute atomic E-state index is 14.6. The summed E-state index contributed by atoms with van der Waals surface area (Å²) >= 11 is 19.8. The molecule has 3 amide bonds. The molecule has 0 aromatic heterocycles. The Balaban J connectivity index is 1.54. The van der Waals surface area contributed by atoms with Crippen molar-refractivity contribution in [2.75, 3.05) is 10.6 Å². The van der Waals surface area contributed by atoms with Crippen LogP contribution in [0.1, 0.15) is 29.3 Å². The molecule has 4 aromatic carbocycles. The smallest absolute Gasteiger partial charge is 0.272 e. The van der Waals surface area contributed by atoms with Crippen molar-refractivity contribution in [3.05, 3.63) is 129 Å². The summed E-state index contributed by atoms with van der Waals surface area (Å²) < 4.78 is 14.6. The number of amides is 3. The molecular formula is C32H25Cl3FN3O3S. The van der Waals surface area contributed by atoms with E-state index in [0.29, 0.717) is 33.3 Å². The molecule has 1 unspecified atom stereocenters. The Bertz CT molecular complexity index is 1660. The first-order chi connectivity index (χ1) is 20.7. The van der Waals surface area contributed by atoms with Crippen LogP contribution < -0.4 is 16.0 Å². The van der Waals surface area contributed by atoms with Crippen molar-refractivity contribution in [2.24, 2.45) is 0 Å². The summed E-state index contributed by atoms with van der Waals surface area (Å²) in [6, 6.07) is 24.3. The van der Waals surface area contributed by atoms with Gasteiger partial charge in [0.25, 0.3) is 11.8 Å². The number of carbonyl (C=O) groups is 3. The number of rotatable bonds is 10. The molecule has 11 heteroatoms. The van der Waals surface area contributed by atoms with Crippen LogP contribution in [0.4, 0.5) is 15.8 Å². The van der Waals surface area contributed by atoms with Crippen molar-refractivity contribution in [3.8, 4) is 0 Å². The number of halogens is 4. The second-order valence-electron chi connectivity index (χ2n) is 9.10. The van der Waals surface area contributed by atoms with E-state index >= 15 is 0 Å². The molecule has 0 saturated heterocycles. The zero-order valence-electron chi connectivity index (χ0n) is 22.7. The molecule has 6 nitrogen and oxygen atoms in total. The number of nitrogens with one attached hydrogen (secondary N) is 3. The van der Waals surface area contributed by atoms with Gasteiger partial charge in [-0.3, -0.25) is 14.4 Å². The molecule has 0 aliphatic carbocycles. The van der Waals surface area contributed by atoms with E-state index in [1.807, 2.05) is 6.92 Å². The lowest BCUT2D eigenvalue weighted by Gasteiger charge is -2.17. The van der Waals surface area contributed by atoms with Crippen LogP contribution in [-0.4, -0.2) is 23.0 Å². The van der Waals surface area contributed by atoms with Crippen molar-refractivity contribution in [1.82, 2.24) is 5.32 Å². The number of carbonyl (C=O) groups excluding carboxylic acids is 3. The highest BCUT2D eigenvalue weighted by Crippen LogP contribution is 2.32. The van der Waals surface area contributed by atoms with Crippen LogP contribution in [0.5, 0.6) is 0 Å². The Morgan fingerprint density at radius 3 is 2.28 bits per heavy atom. The van der Waals surface area contributed by atoms with Gasteiger partial charge in [-0.1, -0.05) is 78.1 Å². The van der Waals surface area contributed by atoms with E-state index in [4.69, 9.17) is 34.8 Å². The molecular weight excluding hydrogens is 632 g/mol. The normalized spacial score (nSPS) is 11.9. The molecule has 0 radical (unpaired) electrons. The van der Waals surface area contributed by atoms with Gasteiger partial charge in [0.2, 0.25) is 5.91 Å². The van der Waals surface area contributed by atoms with Gasteiger partial charge in [-0.25, -0.2) is 4.39 Å². The Hall–Kier alpha value is -3.82. The molecule has 4 rings (SSSR count). The van der Waals surface area contributed by atoms with Crippen molar-refractivity contribution in [2.45, 2.75) is 23.5 Å². The molecule has 0 bridgehead atoms. The lowest BCUT2D eigenvalue weighted by molar-refractivity contribution is -0.116. The molecule has 0 saturated carbocycles. The zero-order valence-corrected chi connectivity index (χ0v) is 25.8. The highest BCUT2D eigenvalue weighted by molar-refractivity contribution is 8.00. The Kier molecular flexibility index (Phi) is 11.3. The number of hydrogen-bond donors (Lipinski definition) is 3. The van der Waals surface area contributed by atoms with Crippen molar-refractivity contribution in [1.29, 1.82) is 0 Å².